The van der Waals surface area contributed by atoms with Crippen molar-refractivity contribution in [1.29, 1.82) is 5.26 Å². The molecule has 0 saturated carbocycles. The average Bonchev–Trinajstić information content (AvgIpc) is 1.67. The second-order valence-electron chi connectivity index (χ2n) is 1.24. The van der Waals surface area contributed by atoms with Gasteiger partial charge in [-0.1, -0.05) is 0 Å². The van der Waals surface area contributed by atoms with Gasteiger partial charge < -0.3 is 0 Å². The predicted octanol–water partition coefficient (Wildman–Crippen LogP) is 0.00798. The number of hydrogen-bond donors (Lipinski definition) is 1. The summed E-state index contributed by atoms with van der Waals surface area (Å²) in [5, 5.41) is 7.23. The first kappa shape index (κ1) is 7.31. The lowest BCUT2D eigenvalue weighted by atomic mass is 10.3. The molecule has 0 fully saturated rings. The van der Waals surface area contributed by atoms with Crippen LogP contribution >= 0.6 is 12.6 Å². The molecule has 0 heterocycles. The summed E-state index contributed by atoms with van der Waals surface area (Å²) < 4.78 is 0. The Morgan fingerprint density at radius 2 is 2.50 bits per heavy atom. The Balaban J connectivity index is 3.52. The molecule has 4 heteroatoms. The Morgan fingerprint density at radius 3 is 2.62 bits per heavy atom. The molecular weight excluding hydrogens is 124 g/mol. The third-order valence-electron chi connectivity index (χ3n) is 0.587. The van der Waals surface area contributed by atoms with Crippen molar-refractivity contribution in [2.75, 3.05) is 0 Å². The lowest BCUT2D eigenvalue weighted by Gasteiger charge is -1.94. The summed E-state index contributed by atoms with van der Waals surface area (Å²) in [5.74, 6) is -0.796. The van der Waals surface area contributed by atoms with Crippen molar-refractivity contribution in [2.45, 2.75) is 11.7 Å². The summed E-state index contributed by atoms with van der Waals surface area (Å²) in [6.45, 7) is 0. The molecule has 0 aliphatic heterocycles. The van der Waals surface area contributed by atoms with Crippen LogP contribution in [0.4, 0.5) is 0 Å². The van der Waals surface area contributed by atoms with Gasteiger partial charge in [0.2, 0.25) is 0 Å². The molecule has 0 saturated heterocycles. The Kier molecular flexibility index (Phi) is 3.04. The summed E-state index contributed by atoms with van der Waals surface area (Å²) in [7, 11) is 0. The van der Waals surface area contributed by atoms with Gasteiger partial charge in [0, 0.05) is 0 Å². The Labute approximate surface area is 52.9 Å². The van der Waals surface area contributed by atoms with Crippen LogP contribution in [0.15, 0.2) is 0 Å². The highest BCUT2D eigenvalue weighted by Crippen LogP contribution is 1.97. The zero-order valence-electron chi connectivity index (χ0n) is 4.09. The van der Waals surface area contributed by atoms with E-state index in [1.54, 1.807) is 6.07 Å². The van der Waals surface area contributed by atoms with E-state index in [0.29, 0.717) is 0 Å². The van der Waals surface area contributed by atoms with Crippen molar-refractivity contribution in [3.05, 3.63) is 0 Å². The summed E-state index contributed by atoms with van der Waals surface area (Å²) in [6.07, 6.45) is 0.0193. The van der Waals surface area contributed by atoms with Crippen LogP contribution in [0.1, 0.15) is 6.42 Å². The second-order valence-corrected chi connectivity index (χ2v) is 1.87. The molecule has 0 rings (SSSR count). The Morgan fingerprint density at radius 1 is 2.00 bits per heavy atom. The molecule has 0 aromatic carbocycles. The van der Waals surface area contributed by atoms with Crippen molar-refractivity contribution >= 4 is 18.5 Å². The minimum Gasteiger partial charge on any atom is -0.272 e. The van der Waals surface area contributed by atoms with Gasteiger partial charge in [-0.3, -0.25) is 10.5 Å². The number of amides is 1. The highest BCUT2D eigenvalue weighted by molar-refractivity contribution is 7.81. The third kappa shape index (κ3) is 2.48. The molecule has 0 aliphatic carbocycles. The molecule has 0 aromatic heterocycles. The molecule has 1 N–H and O–H groups in total. The van der Waals surface area contributed by atoms with E-state index in [4.69, 9.17) is 11.0 Å². The first-order chi connectivity index (χ1) is 3.68. The molecule has 0 aromatic rings. The van der Waals surface area contributed by atoms with Crippen LogP contribution in [0.25, 0.3) is 0 Å². The normalized spacial score (nSPS) is 12.0. The Bertz CT molecular complexity index is 128. The van der Waals surface area contributed by atoms with Gasteiger partial charge in [-0.15, -0.1) is 0 Å². The van der Waals surface area contributed by atoms with Crippen LogP contribution in [0.3, 0.4) is 0 Å². The van der Waals surface area contributed by atoms with E-state index < -0.39 is 11.2 Å². The van der Waals surface area contributed by atoms with E-state index in [9.17, 15) is 4.79 Å². The third-order valence-corrected chi connectivity index (χ3v) is 1.00. The van der Waals surface area contributed by atoms with Gasteiger partial charge in [0.15, 0.2) is 0 Å². The fraction of sp³-hybridized carbons (Fsp3) is 0.500. The van der Waals surface area contributed by atoms with Crippen LogP contribution in [0, 0.1) is 11.3 Å². The highest BCUT2D eigenvalue weighted by atomic mass is 32.1. The van der Waals surface area contributed by atoms with Crippen molar-refractivity contribution in [3.8, 4) is 6.07 Å². The molecule has 1 unspecified atom stereocenters. The molecular formula is C4H5N2OS. The first-order valence-corrected chi connectivity index (χ1v) is 2.50. The molecule has 0 bridgehead atoms. The minimum absolute atomic E-state index is 0.0193. The van der Waals surface area contributed by atoms with E-state index in [1.165, 1.54) is 0 Å². The number of carbonyl (C=O) groups is 1. The van der Waals surface area contributed by atoms with Crippen LogP contribution in [0.2, 0.25) is 0 Å². The second kappa shape index (κ2) is 3.33. The highest BCUT2D eigenvalue weighted by Gasteiger charge is 2.07. The molecule has 1 amide bonds. The standard InChI is InChI=1S/C4H5N2OS/c5-2-1-3(8)4(6)7/h3,6,8H,1H2. The van der Waals surface area contributed by atoms with E-state index in [1.807, 2.05) is 0 Å². The quantitative estimate of drug-likeness (QED) is 0.533. The summed E-state index contributed by atoms with van der Waals surface area (Å²) in [4.78, 5) is 9.97. The maximum atomic E-state index is 9.97. The van der Waals surface area contributed by atoms with Gasteiger partial charge in [0.25, 0.3) is 5.91 Å². The van der Waals surface area contributed by atoms with Crippen LogP contribution in [-0.2, 0) is 4.79 Å². The first-order valence-electron chi connectivity index (χ1n) is 1.99. The van der Waals surface area contributed by atoms with Crippen LogP contribution in [-0.4, -0.2) is 11.2 Å². The minimum atomic E-state index is -0.796. The Hall–Kier alpha value is -0.690. The molecule has 3 nitrogen and oxygen atoms in total. The maximum absolute atomic E-state index is 9.97. The number of carbonyl (C=O) groups excluding carboxylic acids is 1. The van der Waals surface area contributed by atoms with E-state index in [-0.39, 0.29) is 6.42 Å². The van der Waals surface area contributed by atoms with Crippen molar-refractivity contribution in [3.63, 3.8) is 0 Å². The van der Waals surface area contributed by atoms with E-state index in [0.717, 1.165) is 0 Å². The fourth-order valence-electron chi connectivity index (χ4n) is 0.179. The van der Waals surface area contributed by atoms with Gasteiger partial charge in [-0.25, -0.2) is 0 Å². The van der Waals surface area contributed by atoms with Gasteiger partial charge >= 0.3 is 0 Å². The average molecular weight is 129 g/mol. The van der Waals surface area contributed by atoms with Gasteiger partial charge in [0.05, 0.1) is 17.7 Å². The maximum Gasteiger partial charge on any atom is 0.252 e. The lowest BCUT2D eigenvalue weighted by molar-refractivity contribution is -0.118. The predicted molar refractivity (Wildman–Crippen MR) is 31.1 cm³/mol. The van der Waals surface area contributed by atoms with E-state index in [2.05, 4.69) is 12.6 Å². The van der Waals surface area contributed by atoms with Crippen molar-refractivity contribution in [2.24, 2.45) is 0 Å². The van der Waals surface area contributed by atoms with Gasteiger partial charge in [-0.2, -0.15) is 17.9 Å². The molecule has 1 atom stereocenters. The van der Waals surface area contributed by atoms with E-state index >= 15 is 0 Å². The van der Waals surface area contributed by atoms with Crippen LogP contribution < -0.4 is 5.73 Å². The number of nitrogens with one attached hydrogen (secondary N) is 1. The summed E-state index contributed by atoms with van der Waals surface area (Å²) in [5.41, 5.74) is 6.42. The topological polar surface area (TPSA) is 64.7 Å². The largest absolute Gasteiger partial charge is 0.272 e. The molecule has 0 spiro atoms. The number of thiol groups is 1. The molecule has 43 valence electrons. The zero-order valence-corrected chi connectivity index (χ0v) is 4.98. The zero-order chi connectivity index (χ0) is 6.57. The number of hydrogen-bond acceptors (Lipinski definition) is 3. The number of rotatable bonds is 2. The van der Waals surface area contributed by atoms with Crippen molar-refractivity contribution in [1.82, 2.24) is 5.73 Å². The summed E-state index contributed by atoms with van der Waals surface area (Å²) in [6, 6.07) is 1.73. The number of nitriles is 1. The van der Waals surface area contributed by atoms with Gasteiger partial charge in [0.1, 0.15) is 0 Å². The van der Waals surface area contributed by atoms with Crippen molar-refractivity contribution < 1.29 is 4.79 Å². The smallest absolute Gasteiger partial charge is 0.252 e. The summed E-state index contributed by atoms with van der Waals surface area (Å²) >= 11 is 3.65. The monoisotopic (exact) mass is 129 g/mol. The fourth-order valence-corrected chi connectivity index (χ4v) is 0.261. The lowest BCUT2D eigenvalue weighted by Crippen LogP contribution is -2.13. The number of nitrogens with zero attached hydrogens (tertiary/aromatic N) is 1. The SMILES string of the molecule is N#CCC(S)C([NH])=O. The molecule has 0 aliphatic rings. The van der Waals surface area contributed by atoms with Gasteiger partial charge in [-0.05, 0) is 0 Å². The molecule has 1 radical (unpaired) electrons. The molecule has 8 heavy (non-hydrogen) atoms. The van der Waals surface area contributed by atoms with Crippen LogP contribution in [0.5, 0.6) is 0 Å².